The second-order valence-electron chi connectivity index (χ2n) is 8.89. The number of fused-ring (bicyclic) bond motifs is 1. The molecule has 3 aromatic rings. The van der Waals surface area contributed by atoms with E-state index in [4.69, 9.17) is 11.5 Å². The Kier molecular flexibility index (Phi) is 6.13. The molecule has 0 saturated heterocycles. The summed E-state index contributed by atoms with van der Waals surface area (Å²) in [5.41, 5.74) is 13.0. The number of allylic oxidation sites excluding steroid dienone is 1. The molecule has 180 valence electrons. The van der Waals surface area contributed by atoms with Crippen LogP contribution < -0.4 is 11.5 Å². The summed E-state index contributed by atoms with van der Waals surface area (Å²) in [6.07, 6.45) is 1.40. The van der Waals surface area contributed by atoms with E-state index in [2.05, 4.69) is 19.9 Å². The minimum Gasteiger partial charge on any atom is -0.400 e. The van der Waals surface area contributed by atoms with Crippen LogP contribution >= 0.6 is 0 Å². The van der Waals surface area contributed by atoms with Crippen LogP contribution in [0.2, 0.25) is 0 Å². The summed E-state index contributed by atoms with van der Waals surface area (Å²) in [7, 11) is 5.91. The fourth-order valence-corrected chi connectivity index (χ4v) is 4.08. The molecule has 0 bridgehead atoms. The van der Waals surface area contributed by atoms with Gasteiger partial charge >= 0.3 is 6.18 Å². The molecule has 1 aliphatic rings. The molecule has 34 heavy (non-hydrogen) atoms. The Labute approximate surface area is 196 Å². The minimum atomic E-state index is -4.63. The van der Waals surface area contributed by atoms with Crippen LogP contribution in [-0.4, -0.2) is 59.0 Å². The monoisotopic (exact) mass is 471 g/mol. The van der Waals surface area contributed by atoms with Gasteiger partial charge in [-0.2, -0.15) is 13.2 Å². The number of nitrogens with zero attached hydrogens (tertiary/aromatic N) is 4. The molecule has 2 heterocycles. The molecule has 2 aromatic heterocycles. The lowest BCUT2D eigenvalue weighted by molar-refractivity contribution is -0.137. The Bertz CT molecular complexity index is 1260. The third kappa shape index (κ3) is 4.51. The van der Waals surface area contributed by atoms with E-state index in [0.717, 1.165) is 25.0 Å². The Balaban J connectivity index is 1.74. The van der Waals surface area contributed by atoms with Gasteiger partial charge < -0.3 is 26.3 Å². The zero-order valence-corrected chi connectivity index (χ0v) is 19.3. The Morgan fingerprint density at radius 3 is 2.56 bits per heavy atom. The SMILES string of the molecule is CN(C)CCN(C)C1=C(N)CC(N)(c2ncc(C(F)(F)F)c(-c3c[nH]c4ccccc34)n2)C=C1. The molecular weight excluding hydrogens is 443 g/mol. The van der Waals surface area contributed by atoms with Gasteiger partial charge in [0.25, 0.3) is 0 Å². The molecule has 0 saturated carbocycles. The minimum absolute atomic E-state index is 0.0787. The summed E-state index contributed by atoms with van der Waals surface area (Å²) in [6.45, 7) is 1.59. The van der Waals surface area contributed by atoms with Crippen LogP contribution in [0.5, 0.6) is 0 Å². The number of aromatic amines is 1. The van der Waals surface area contributed by atoms with Crippen molar-refractivity contribution in [1.82, 2.24) is 24.8 Å². The van der Waals surface area contributed by atoms with Gasteiger partial charge in [-0.3, -0.25) is 0 Å². The van der Waals surface area contributed by atoms with E-state index >= 15 is 0 Å². The van der Waals surface area contributed by atoms with Gasteiger partial charge in [0.1, 0.15) is 11.1 Å². The van der Waals surface area contributed by atoms with Crippen molar-refractivity contribution in [2.24, 2.45) is 11.5 Å². The first-order valence-corrected chi connectivity index (χ1v) is 10.8. The Hall–Kier alpha value is -3.37. The summed E-state index contributed by atoms with van der Waals surface area (Å²) < 4.78 is 41.6. The lowest BCUT2D eigenvalue weighted by Gasteiger charge is -2.33. The van der Waals surface area contributed by atoms with Crippen molar-refractivity contribution >= 4 is 10.9 Å². The number of halogens is 3. The molecule has 10 heteroatoms. The number of hydrogen-bond acceptors (Lipinski definition) is 6. The molecule has 0 aliphatic heterocycles. The summed E-state index contributed by atoms with van der Waals surface area (Å²) in [5, 5.41) is 0.632. The molecule has 0 spiro atoms. The molecule has 0 amide bonds. The molecule has 4 rings (SSSR count). The lowest BCUT2D eigenvalue weighted by Crippen LogP contribution is -2.41. The second kappa shape index (κ2) is 8.77. The topological polar surface area (TPSA) is 100 Å². The maximum atomic E-state index is 13.9. The highest BCUT2D eigenvalue weighted by Gasteiger charge is 2.39. The van der Waals surface area contributed by atoms with Gasteiger partial charge in [-0.25, -0.2) is 9.97 Å². The highest BCUT2D eigenvalue weighted by molar-refractivity contribution is 5.95. The third-order valence-corrected chi connectivity index (χ3v) is 6.00. The molecule has 1 aliphatic carbocycles. The standard InChI is InChI=1S/C24H28F3N7/c1-33(2)10-11-34(3)20-8-9-23(29,12-18(20)28)22-31-14-17(24(25,26)27)21(32-22)16-13-30-19-7-5-4-6-15(16)19/h4-9,13-14,30H,10-12,28-29H2,1-3H3. The van der Waals surface area contributed by atoms with Gasteiger partial charge in [-0.1, -0.05) is 24.3 Å². The number of alkyl halides is 3. The zero-order chi connectivity index (χ0) is 24.7. The second-order valence-corrected chi connectivity index (χ2v) is 8.89. The molecule has 5 N–H and O–H groups in total. The first-order valence-electron chi connectivity index (χ1n) is 10.8. The zero-order valence-electron chi connectivity index (χ0n) is 19.3. The summed E-state index contributed by atoms with van der Waals surface area (Å²) in [6, 6.07) is 7.12. The molecule has 0 radical (unpaired) electrons. The maximum Gasteiger partial charge on any atom is 0.419 e. The number of hydrogen-bond donors (Lipinski definition) is 3. The fourth-order valence-electron chi connectivity index (χ4n) is 4.08. The van der Waals surface area contributed by atoms with E-state index in [-0.39, 0.29) is 17.9 Å². The smallest absolute Gasteiger partial charge is 0.400 e. The van der Waals surface area contributed by atoms with Crippen molar-refractivity contribution in [2.45, 2.75) is 18.1 Å². The molecule has 1 aromatic carbocycles. The highest BCUT2D eigenvalue weighted by Crippen LogP contribution is 2.40. The van der Waals surface area contributed by atoms with Gasteiger partial charge in [-0.15, -0.1) is 0 Å². The number of likely N-dealkylation sites (N-methyl/N-ethyl adjacent to an activating group) is 2. The van der Waals surface area contributed by atoms with Crippen molar-refractivity contribution in [3.05, 3.63) is 71.6 Å². The number of H-pyrrole nitrogens is 1. The summed E-state index contributed by atoms with van der Waals surface area (Å²) in [4.78, 5) is 15.5. The lowest BCUT2D eigenvalue weighted by atomic mass is 9.87. The van der Waals surface area contributed by atoms with Gasteiger partial charge in [0.05, 0.1) is 11.4 Å². The first-order chi connectivity index (χ1) is 16.0. The molecule has 7 nitrogen and oxygen atoms in total. The largest absolute Gasteiger partial charge is 0.419 e. The van der Waals surface area contributed by atoms with Crippen molar-refractivity contribution in [3.63, 3.8) is 0 Å². The van der Waals surface area contributed by atoms with E-state index in [0.29, 0.717) is 22.2 Å². The normalized spacial score (nSPS) is 18.8. The fraction of sp³-hybridized carbons (Fsp3) is 0.333. The quantitative estimate of drug-likeness (QED) is 0.510. The predicted octanol–water partition coefficient (Wildman–Crippen LogP) is 3.42. The van der Waals surface area contributed by atoms with Crippen molar-refractivity contribution in [2.75, 3.05) is 34.2 Å². The van der Waals surface area contributed by atoms with E-state index in [1.165, 1.54) is 6.20 Å². The number of nitrogens with one attached hydrogen (secondary N) is 1. The molecule has 1 unspecified atom stereocenters. The molecule has 0 fully saturated rings. The highest BCUT2D eigenvalue weighted by atomic mass is 19.4. The van der Waals surface area contributed by atoms with Crippen LogP contribution in [0.1, 0.15) is 17.8 Å². The van der Waals surface area contributed by atoms with E-state index < -0.39 is 17.3 Å². The van der Waals surface area contributed by atoms with E-state index in [1.807, 2.05) is 32.1 Å². The number of nitrogens with two attached hydrogens (primary N) is 2. The number of rotatable bonds is 6. The maximum absolute atomic E-state index is 13.9. The first kappa shape index (κ1) is 23.8. The number of benzene rings is 1. The van der Waals surface area contributed by atoms with Gasteiger partial charge in [0.2, 0.25) is 0 Å². The summed E-state index contributed by atoms with van der Waals surface area (Å²) in [5.74, 6) is 0.0787. The van der Waals surface area contributed by atoms with E-state index in [9.17, 15) is 13.2 Å². The van der Waals surface area contributed by atoms with Crippen molar-refractivity contribution < 1.29 is 13.2 Å². The average Bonchev–Trinajstić information content (AvgIpc) is 3.20. The van der Waals surface area contributed by atoms with Crippen LogP contribution in [0.4, 0.5) is 13.2 Å². The average molecular weight is 472 g/mol. The molecule has 1 atom stereocenters. The van der Waals surface area contributed by atoms with Crippen molar-refractivity contribution in [1.29, 1.82) is 0 Å². The molecular formula is C24H28F3N7. The number of para-hydroxylation sites is 1. The van der Waals surface area contributed by atoms with Gasteiger partial charge in [0.15, 0.2) is 5.82 Å². The Morgan fingerprint density at radius 2 is 1.88 bits per heavy atom. The van der Waals surface area contributed by atoms with Gasteiger partial charge in [0, 0.05) is 61.1 Å². The van der Waals surface area contributed by atoms with Crippen LogP contribution in [0.3, 0.4) is 0 Å². The van der Waals surface area contributed by atoms with Crippen molar-refractivity contribution in [3.8, 4) is 11.3 Å². The van der Waals surface area contributed by atoms with Gasteiger partial charge in [-0.05, 0) is 26.2 Å². The van der Waals surface area contributed by atoms with Crippen LogP contribution in [0.25, 0.3) is 22.2 Å². The number of aromatic nitrogens is 3. The predicted molar refractivity (Wildman–Crippen MR) is 126 cm³/mol. The summed E-state index contributed by atoms with van der Waals surface area (Å²) >= 11 is 0. The van der Waals surface area contributed by atoms with Crippen LogP contribution in [0.15, 0.2) is 60.2 Å². The third-order valence-electron chi connectivity index (χ3n) is 6.00. The van der Waals surface area contributed by atoms with E-state index in [1.54, 1.807) is 30.4 Å². The van der Waals surface area contributed by atoms with Crippen LogP contribution in [-0.2, 0) is 11.7 Å². The Morgan fingerprint density at radius 1 is 1.15 bits per heavy atom. The van der Waals surface area contributed by atoms with Crippen LogP contribution in [0, 0.1) is 0 Å².